The third-order valence-electron chi connectivity index (χ3n) is 10.3. The zero-order valence-electron chi connectivity index (χ0n) is 30.0. The van der Waals surface area contributed by atoms with E-state index >= 15 is 0 Å². The number of amides is 2. The fourth-order valence-corrected chi connectivity index (χ4v) is 7.50. The molecule has 7 heteroatoms. The van der Waals surface area contributed by atoms with E-state index in [0.29, 0.717) is 24.1 Å². The maximum atomic E-state index is 13.2. The molecule has 0 bridgehead atoms. The molecule has 54 heavy (non-hydrogen) atoms. The van der Waals surface area contributed by atoms with Crippen molar-refractivity contribution in [2.75, 3.05) is 6.54 Å². The summed E-state index contributed by atoms with van der Waals surface area (Å²) in [6.45, 7) is 2.44. The fraction of sp³-hybridized carbons (Fsp3) is 0.191. The van der Waals surface area contributed by atoms with Gasteiger partial charge < -0.3 is 14.6 Å². The van der Waals surface area contributed by atoms with E-state index in [1.54, 1.807) is 24.3 Å². The molecule has 8 rings (SSSR count). The van der Waals surface area contributed by atoms with Gasteiger partial charge in [0.2, 0.25) is 0 Å². The van der Waals surface area contributed by atoms with E-state index in [1.807, 2.05) is 72.8 Å². The highest BCUT2D eigenvalue weighted by atomic mass is 16.7. The van der Waals surface area contributed by atoms with Gasteiger partial charge in [-0.2, -0.15) is 0 Å². The van der Waals surface area contributed by atoms with E-state index in [2.05, 4.69) is 65.6 Å². The highest BCUT2D eigenvalue weighted by molar-refractivity contribution is 6.21. The first kappa shape index (κ1) is 35.3. The van der Waals surface area contributed by atoms with Crippen LogP contribution in [-0.4, -0.2) is 39.4 Å². The van der Waals surface area contributed by atoms with Crippen molar-refractivity contribution in [2.24, 2.45) is 0 Å². The minimum absolute atomic E-state index is 0.0120. The van der Waals surface area contributed by atoms with Gasteiger partial charge in [0.1, 0.15) is 0 Å². The van der Waals surface area contributed by atoms with Crippen molar-refractivity contribution in [1.82, 2.24) is 9.80 Å². The summed E-state index contributed by atoms with van der Waals surface area (Å²) in [4.78, 5) is 30.1. The van der Waals surface area contributed by atoms with Crippen molar-refractivity contribution in [3.05, 3.63) is 202 Å². The van der Waals surface area contributed by atoms with Crippen molar-refractivity contribution in [3.8, 4) is 11.1 Å². The van der Waals surface area contributed by atoms with Gasteiger partial charge in [0.05, 0.1) is 36.5 Å². The van der Waals surface area contributed by atoms with E-state index in [4.69, 9.17) is 9.47 Å². The molecule has 2 heterocycles. The number of nitrogens with zero attached hydrogens (tertiary/aromatic N) is 2. The topological polar surface area (TPSA) is 79.3 Å². The molecular weight excluding hydrogens is 673 g/mol. The first-order chi connectivity index (χ1) is 26.5. The Morgan fingerprint density at radius 3 is 1.70 bits per heavy atom. The van der Waals surface area contributed by atoms with Gasteiger partial charge in [-0.3, -0.25) is 19.4 Å². The molecule has 3 atom stereocenters. The minimum Gasteiger partial charge on any atom is -0.392 e. The zero-order valence-corrected chi connectivity index (χ0v) is 30.0. The second-order valence-electron chi connectivity index (χ2n) is 14.0. The van der Waals surface area contributed by atoms with Crippen LogP contribution >= 0.6 is 0 Å². The van der Waals surface area contributed by atoms with E-state index in [-0.39, 0.29) is 37.2 Å². The quantitative estimate of drug-likeness (QED) is 0.128. The summed E-state index contributed by atoms with van der Waals surface area (Å²) in [6, 6.07) is 52.1. The lowest BCUT2D eigenvalue weighted by Gasteiger charge is -2.38. The molecule has 270 valence electrons. The number of aliphatic hydroxyl groups excluding tert-OH is 1. The first-order valence-corrected chi connectivity index (χ1v) is 18.5. The van der Waals surface area contributed by atoms with E-state index in [0.717, 1.165) is 46.5 Å². The highest BCUT2D eigenvalue weighted by Crippen LogP contribution is 2.39. The predicted molar refractivity (Wildman–Crippen MR) is 208 cm³/mol. The first-order valence-electron chi connectivity index (χ1n) is 18.5. The lowest BCUT2D eigenvalue weighted by molar-refractivity contribution is -0.253. The molecule has 6 aromatic carbocycles. The summed E-state index contributed by atoms with van der Waals surface area (Å²) in [5.41, 5.74) is 8.97. The van der Waals surface area contributed by atoms with Crippen LogP contribution in [0.2, 0.25) is 0 Å². The third kappa shape index (κ3) is 7.81. The molecule has 2 amide bonds. The van der Waals surface area contributed by atoms with E-state index < -0.39 is 6.29 Å². The molecule has 0 radical (unpaired) electrons. The number of benzene rings is 6. The Kier molecular flexibility index (Phi) is 10.6. The Labute approximate surface area is 316 Å². The summed E-state index contributed by atoms with van der Waals surface area (Å²) in [5, 5.41) is 9.68. The monoisotopic (exact) mass is 714 g/mol. The number of aliphatic hydroxyl groups is 1. The number of carbonyl (C=O) groups is 2. The van der Waals surface area contributed by atoms with Gasteiger partial charge in [-0.1, -0.05) is 146 Å². The van der Waals surface area contributed by atoms with Gasteiger partial charge in [0.25, 0.3) is 11.8 Å². The lowest BCUT2D eigenvalue weighted by Crippen LogP contribution is -2.39. The smallest absolute Gasteiger partial charge is 0.261 e. The van der Waals surface area contributed by atoms with Crippen LogP contribution in [0, 0.1) is 0 Å². The number of carbonyl (C=O) groups excluding carboxylic acids is 2. The summed E-state index contributed by atoms with van der Waals surface area (Å²) in [7, 11) is 0. The average molecular weight is 715 g/mol. The summed E-state index contributed by atoms with van der Waals surface area (Å²) in [6.07, 6.45) is -0.266. The van der Waals surface area contributed by atoms with Crippen molar-refractivity contribution in [1.29, 1.82) is 0 Å². The molecule has 7 nitrogen and oxygen atoms in total. The fourth-order valence-electron chi connectivity index (χ4n) is 7.50. The number of ether oxygens (including phenoxy) is 2. The molecule has 0 saturated carbocycles. The molecule has 0 aromatic heterocycles. The molecule has 1 N–H and O–H groups in total. The molecule has 2 aliphatic heterocycles. The summed E-state index contributed by atoms with van der Waals surface area (Å²) >= 11 is 0. The Bertz CT molecular complexity index is 2130. The lowest BCUT2D eigenvalue weighted by atomic mass is 9.97. The van der Waals surface area contributed by atoms with Crippen LogP contribution in [0.3, 0.4) is 0 Å². The second kappa shape index (κ2) is 16.1. The van der Waals surface area contributed by atoms with Gasteiger partial charge in [0, 0.05) is 31.6 Å². The van der Waals surface area contributed by atoms with Crippen LogP contribution in [0.5, 0.6) is 0 Å². The predicted octanol–water partition coefficient (Wildman–Crippen LogP) is 8.89. The number of rotatable bonds is 12. The Hall–Kier alpha value is -5.70. The van der Waals surface area contributed by atoms with Crippen LogP contribution in [0.15, 0.2) is 158 Å². The Morgan fingerprint density at radius 1 is 0.574 bits per heavy atom. The van der Waals surface area contributed by atoms with E-state index in [1.165, 1.54) is 16.0 Å². The molecule has 0 aliphatic carbocycles. The second-order valence-corrected chi connectivity index (χ2v) is 14.0. The minimum atomic E-state index is -0.607. The number of imide groups is 1. The third-order valence-corrected chi connectivity index (χ3v) is 10.3. The van der Waals surface area contributed by atoms with Gasteiger partial charge in [-0.05, 0) is 51.1 Å². The molecular formula is C47H42N2O5. The Balaban J connectivity index is 1.05. The van der Waals surface area contributed by atoms with Crippen LogP contribution in [0.1, 0.15) is 72.9 Å². The molecule has 2 aliphatic rings. The van der Waals surface area contributed by atoms with Crippen LogP contribution in [0.25, 0.3) is 11.1 Å². The molecule has 0 spiro atoms. The number of hydrogen-bond donors (Lipinski definition) is 1. The van der Waals surface area contributed by atoms with Crippen LogP contribution < -0.4 is 0 Å². The van der Waals surface area contributed by atoms with Crippen molar-refractivity contribution >= 4 is 11.8 Å². The van der Waals surface area contributed by atoms with Crippen molar-refractivity contribution in [2.45, 2.75) is 51.2 Å². The van der Waals surface area contributed by atoms with Crippen molar-refractivity contribution < 1.29 is 24.2 Å². The van der Waals surface area contributed by atoms with Crippen molar-refractivity contribution in [3.63, 3.8) is 0 Å². The molecule has 0 unspecified atom stereocenters. The number of fused-ring (bicyclic) bond motifs is 1. The van der Waals surface area contributed by atoms with Gasteiger partial charge >= 0.3 is 0 Å². The van der Waals surface area contributed by atoms with Gasteiger partial charge in [-0.25, -0.2) is 0 Å². The molecule has 1 saturated heterocycles. The standard InChI is InChI=1S/C47H42N2O5/c50-32-35-19-21-37(22-20-35)44-27-40(31-48(28-33-11-3-1-4-12-33)29-34-13-5-2-6-14-34)53-47(54-44)38-25-23-36(24-26-38)41-16-8-7-15-39(41)30-49-45(51)42-17-9-10-18-43(42)46(49)52/h1-26,40,44,47,50H,27-32H2/t40-,44+,47+/m1/s1. The van der Waals surface area contributed by atoms with Crippen LogP contribution in [-0.2, 0) is 35.7 Å². The number of hydrogen-bond acceptors (Lipinski definition) is 6. The highest BCUT2D eigenvalue weighted by Gasteiger charge is 2.36. The largest absolute Gasteiger partial charge is 0.392 e. The van der Waals surface area contributed by atoms with Gasteiger partial charge in [-0.15, -0.1) is 0 Å². The normalized spacial score (nSPS) is 18.3. The summed E-state index contributed by atoms with van der Waals surface area (Å²) in [5.74, 6) is -0.540. The molecule has 1 fully saturated rings. The maximum Gasteiger partial charge on any atom is 0.261 e. The maximum absolute atomic E-state index is 13.2. The van der Waals surface area contributed by atoms with Gasteiger partial charge in [0.15, 0.2) is 6.29 Å². The van der Waals surface area contributed by atoms with E-state index in [9.17, 15) is 14.7 Å². The zero-order chi connectivity index (χ0) is 36.9. The SMILES string of the molecule is O=C1c2ccccc2C(=O)N1Cc1ccccc1-c1ccc([C@H]2O[C@@H](CN(Cc3ccccc3)Cc3ccccc3)C[C@@H](c3ccc(CO)cc3)O2)cc1. The van der Waals surface area contributed by atoms with Crippen LogP contribution in [0.4, 0.5) is 0 Å². The average Bonchev–Trinajstić information content (AvgIpc) is 3.46. The molecule has 6 aromatic rings. The Morgan fingerprint density at radius 2 is 1.11 bits per heavy atom. The summed E-state index contributed by atoms with van der Waals surface area (Å²) < 4.78 is 13.5.